The summed E-state index contributed by atoms with van der Waals surface area (Å²) in [6, 6.07) is 3.41. The van der Waals surface area contributed by atoms with Crippen molar-refractivity contribution < 1.29 is 14.3 Å². The number of amides is 1. The lowest BCUT2D eigenvalue weighted by Crippen LogP contribution is -2.45. The Kier molecular flexibility index (Phi) is 4.74. The Morgan fingerprint density at radius 2 is 2.20 bits per heavy atom. The predicted molar refractivity (Wildman–Crippen MR) is 74.3 cm³/mol. The third-order valence-electron chi connectivity index (χ3n) is 3.58. The Morgan fingerprint density at radius 3 is 2.90 bits per heavy atom. The maximum Gasteiger partial charge on any atom is 0.310 e. The lowest BCUT2D eigenvalue weighted by molar-refractivity contribution is -0.147. The minimum atomic E-state index is -0.289. The number of hydrogen-bond donors (Lipinski definition) is 1. The third-order valence-corrected chi connectivity index (χ3v) is 4.49. The lowest BCUT2D eigenvalue weighted by Gasteiger charge is -2.30. The average molecular weight is 292 g/mol. The second-order valence-corrected chi connectivity index (χ2v) is 5.69. The number of ether oxygens (including phenoxy) is 1. The molecule has 0 aliphatic heterocycles. The molecule has 1 aromatic heterocycles. The summed E-state index contributed by atoms with van der Waals surface area (Å²) in [5.74, 6) is -0.845. The van der Waals surface area contributed by atoms with Gasteiger partial charge in [-0.05, 0) is 24.3 Å². The summed E-state index contributed by atoms with van der Waals surface area (Å²) >= 11 is 1.24. The number of nitrogens with one attached hydrogen (secondary N) is 1. The van der Waals surface area contributed by atoms with Crippen LogP contribution in [0.15, 0.2) is 11.4 Å². The van der Waals surface area contributed by atoms with Crippen LogP contribution in [0.1, 0.15) is 40.9 Å². The third kappa shape index (κ3) is 2.99. The van der Waals surface area contributed by atoms with E-state index in [0.717, 1.165) is 25.7 Å². The first kappa shape index (κ1) is 14.5. The number of hydrogen-bond acceptors (Lipinski definition) is 5. The number of carbonyl (C=O) groups is 2. The van der Waals surface area contributed by atoms with Crippen molar-refractivity contribution in [2.75, 3.05) is 7.11 Å². The molecular weight excluding hydrogens is 276 g/mol. The summed E-state index contributed by atoms with van der Waals surface area (Å²) < 4.78 is 4.80. The summed E-state index contributed by atoms with van der Waals surface area (Å²) in [6.45, 7) is 0. The second-order valence-electron chi connectivity index (χ2n) is 4.77. The number of nitriles is 1. The number of rotatable bonds is 3. The van der Waals surface area contributed by atoms with Crippen LogP contribution in [0.3, 0.4) is 0 Å². The van der Waals surface area contributed by atoms with Gasteiger partial charge in [0.15, 0.2) is 0 Å². The zero-order chi connectivity index (χ0) is 14.5. The summed E-state index contributed by atoms with van der Waals surface area (Å²) in [4.78, 5) is 24.4. The topological polar surface area (TPSA) is 79.2 Å². The van der Waals surface area contributed by atoms with Gasteiger partial charge in [-0.25, -0.2) is 0 Å². The van der Waals surface area contributed by atoms with E-state index in [1.54, 1.807) is 11.4 Å². The van der Waals surface area contributed by atoms with Gasteiger partial charge in [-0.2, -0.15) is 5.26 Å². The number of esters is 1. The molecular formula is C14H16N2O3S. The molecule has 0 spiro atoms. The largest absolute Gasteiger partial charge is 0.469 e. The molecule has 2 rings (SSSR count). The fourth-order valence-corrected chi connectivity index (χ4v) is 3.29. The minimum Gasteiger partial charge on any atom is -0.469 e. The highest BCUT2D eigenvalue weighted by Gasteiger charge is 2.33. The van der Waals surface area contributed by atoms with E-state index in [1.807, 2.05) is 6.07 Å². The molecule has 5 nitrogen and oxygen atoms in total. The van der Waals surface area contributed by atoms with Crippen molar-refractivity contribution in [3.63, 3.8) is 0 Å². The summed E-state index contributed by atoms with van der Waals surface area (Å²) in [6.07, 6.45) is 3.44. The van der Waals surface area contributed by atoms with E-state index < -0.39 is 0 Å². The monoisotopic (exact) mass is 292 g/mol. The molecule has 1 saturated carbocycles. The van der Waals surface area contributed by atoms with Crippen molar-refractivity contribution in [3.8, 4) is 6.07 Å². The Balaban J connectivity index is 2.09. The molecule has 20 heavy (non-hydrogen) atoms. The van der Waals surface area contributed by atoms with Crippen LogP contribution in [-0.4, -0.2) is 25.0 Å². The van der Waals surface area contributed by atoms with Gasteiger partial charge in [-0.15, -0.1) is 11.3 Å². The molecule has 1 N–H and O–H groups in total. The first-order valence-electron chi connectivity index (χ1n) is 6.53. The maximum absolute atomic E-state index is 12.2. The van der Waals surface area contributed by atoms with Crippen LogP contribution in [0.4, 0.5) is 0 Å². The van der Waals surface area contributed by atoms with Gasteiger partial charge >= 0.3 is 5.97 Å². The molecule has 2 unspecified atom stereocenters. The molecule has 6 heteroatoms. The molecule has 1 aliphatic rings. The van der Waals surface area contributed by atoms with E-state index in [0.29, 0.717) is 10.4 Å². The maximum atomic E-state index is 12.2. The van der Waals surface area contributed by atoms with Gasteiger partial charge in [0.1, 0.15) is 10.9 Å². The van der Waals surface area contributed by atoms with E-state index in [4.69, 9.17) is 10.00 Å². The predicted octanol–water partition coefficient (Wildman–Crippen LogP) is 2.08. The van der Waals surface area contributed by atoms with Gasteiger partial charge < -0.3 is 10.1 Å². The highest BCUT2D eigenvalue weighted by atomic mass is 32.1. The van der Waals surface area contributed by atoms with Gasteiger partial charge in [-0.1, -0.05) is 12.8 Å². The normalized spacial score (nSPS) is 21.8. The van der Waals surface area contributed by atoms with E-state index in [1.165, 1.54) is 18.4 Å². The number of carbonyl (C=O) groups excluding carboxylic acids is 2. The molecule has 1 aliphatic carbocycles. The molecule has 0 saturated heterocycles. The molecule has 0 aromatic carbocycles. The fraction of sp³-hybridized carbons (Fsp3) is 0.500. The van der Waals surface area contributed by atoms with E-state index in [-0.39, 0.29) is 23.8 Å². The molecule has 2 atom stereocenters. The summed E-state index contributed by atoms with van der Waals surface area (Å²) in [7, 11) is 1.36. The van der Waals surface area contributed by atoms with Gasteiger partial charge in [0.05, 0.1) is 18.6 Å². The van der Waals surface area contributed by atoms with Crippen molar-refractivity contribution in [3.05, 3.63) is 21.9 Å². The van der Waals surface area contributed by atoms with Crippen molar-refractivity contribution in [1.29, 1.82) is 5.26 Å². The quantitative estimate of drug-likeness (QED) is 0.865. The molecule has 106 valence electrons. The van der Waals surface area contributed by atoms with Crippen molar-refractivity contribution in [2.45, 2.75) is 31.7 Å². The molecule has 0 bridgehead atoms. The van der Waals surface area contributed by atoms with Crippen molar-refractivity contribution in [1.82, 2.24) is 5.32 Å². The Labute approximate surface area is 121 Å². The first-order valence-corrected chi connectivity index (χ1v) is 7.41. The van der Waals surface area contributed by atoms with Gasteiger partial charge in [0.25, 0.3) is 5.91 Å². The van der Waals surface area contributed by atoms with Crippen LogP contribution in [0.5, 0.6) is 0 Å². The molecule has 1 heterocycles. The standard InChI is InChI=1S/C14H16N2O3S/c1-19-14(18)10-4-2-3-5-11(10)16-13(17)12-9(8-15)6-7-20-12/h6-7,10-11H,2-5H2,1H3,(H,16,17). The van der Waals surface area contributed by atoms with Crippen molar-refractivity contribution in [2.24, 2.45) is 5.92 Å². The second kappa shape index (κ2) is 6.53. The number of methoxy groups -OCH3 is 1. The van der Waals surface area contributed by atoms with Crippen LogP contribution in [0.25, 0.3) is 0 Å². The zero-order valence-corrected chi connectivity index (χ0v) is 12.0. The first-order chi connectivity index (χ1) is 9.67. The smallest absolute Gasteiger partial charge is 0.310 e. The zero-order valence-electron chi connectivity index (χ0n) is 11.2. The van der Waals surface area contributed by atoms with Gasteiger partial charge in [0, 0.05) is 6.04 Å². The van der Waals surface area contributed by atoms with E-state index in [2.05, 4.69) is 5.32 Å². The van der Waals surface area contributed by atoms with E-state index in [9.17, 15) is 9.59 Å². The van der Waals surface area contributed by atoms with Gasteiger partial charge in [0.2, 0.25) is 0 Å². The lowest BCUT2D eigenvalue weighted by atomic mass is 9.84. The Bertz CT molecular complexity index is 547. The summed E-state index contributed by atoms with van der Waals surface area (Å²) in [5, 5.41) is 13.5. The number of thiophene rings is 1. The number of nitrogens with zero attached hydrogens (tertiary/aromatic N) is 1. The minimum absolute atomic E-state index is 0.211. The molecule has 1 amide bonds. The van der Waals surface area contributed by atoms with Crippen LogP contribution in [0, 0.1) is 17.2 Å². The Hall–Kier alpha value is -1.87. The Morgan fingerprint density at radius 1 is 1.45 bits per heavy atom. The fourth-order valence-electron chi connectivity index (χ4n) is 2.54. The average Bonchev–Trinajstić information content (AvgIpc) is 2.95. The summed E-state index contributed by atoms with van der Waals surface area (Å²) in [5.41, 5.74) is 0.373. The van der Waals surface area contributed by atoms with Crippen molar-refractivity contribution >= 4 is 23.2 Å². The SMILES string of the molecule is COC(=O)C1CCCCC1NC(=O)c1sccc1C#N. The highest BCUT2D eigenvalue weighted by Crippen LogP contribution is 2.26. The molecule has 1 fully saturated rings. The van der Waals surface area contributed by atoms with Crippen LogP contribution in [0.2, 0.25) is 0 Å². The van der Waals surface area contributed by atoms with E-state index >= 15 is 0 Å². The highest BCUT2D eigenvalue weighted by molar-refractivity contribution is 7.12. The van der Waals surface area contributed by atoms with Crippen LogP contribution < -0.4 is 5.32 Å². The molecule has 0 radical (unpaired) electrons. The van der Waals surface area contributed by atoms with Crippen LogP contribution in [-0.2, 0) is 9.53 Å². The van der Waals surface area contributed by atoms with Crippen LogP contribution >= 0.6 is 11.3 Å². The molecule has 1 aromatic rings. The van der Waals surface area contributed by atoms with Gasteiger partial charge in [-0.3, -0.25) is 9.59 Å².